The molecule has 92 valence electrons. The van der Waals surface area contributed by atoms with Gasteiger partial charge in [-0.3, -0.25) is 0 Å². The summed E-state index contributed by atoms with van der Waals surface area (Å²) in [5.74, 6) is -1.04. The number of rotatable bonds is 2. The second-order valence-corrected chi connectivity index (χ2v) is 4.55. The van der Waals surface area contributed by atoms with Crippen LogP contribution in [0.15, 0.2) is 18.2 Å². The minimum atomic E-state index is -1.04. The van der Waals surface area contributed by atoms with Crippen molar-refractivity contribution in [1.82, 2.24) is 15.0 Å². The molecule has 1 aromatic heterocycles. The van der Waals surface area contributed by atoms with Crippen molar-refractivity contribution in [3.05, 3.63) is 40.7 Å². The number of hydrogen-bond donors (Lipinski definition) is 1. The number of carboxylic acids is 1. The van der Waals surface area contributed by atoms with E-state index in [4.69, 9.17) is 5.11 Å². The van der Waals surface area contributed by atoms with Crippen LogP contribution in [0.4, 0.5) is 0 Å². The van der Waals surface area contributed by atoms with Crippen molar-refractivity contribution in [3.63, 3.8) is 0 Å². The lowest BCUT2D eigenvalue weighted by molar-refractivity contribution is 0.0689. The third-order valence-corrected chi connectivity index (χ3v) is 3.42. The Labute approximate surface area is 104 Å². The molecule has 5 nitrogen and oxygen atoms in total. The molecule has 18 heavy (non-hydrogen) atoms. The summed E-state index contributed by atoms with van der Waals surface area (Å²) in [6, 6.07) is 6.15. The molecule has 1 aliphatic rings. The number of hydrogen-bond acceptors (Lipinski definition) is 3. The molecule has 5 heteroatoms. The van der Waals surface area contributed by atoms with E-state index in [2.05, 4.69) is 22.4 Å². The first kappa shape index (κ1) is 11.0. The summed E-state index contributed by atoms with van der Waals surface area (Å²) in [6.45, 7) is 1.72. The highest BCUT2D eigenvalue weighted by Crippen LogP contribution is 2.24. The Hall–Kier alpha value is -2.17. The largest absolute Gasteiger partial charge is 0.476 e. The molecule has 2 aromatic rings. The lowest BCUT2D eigenvalue weighted by Crippen LogP contribution is -2.03. The van der Waals surface area contributed by atoms with Crippen LogP contribution in [-0.4, -0.2) is 26.1 Å². The second kappa shape index (κ2) is 3.94. The van der Waals surface area contributed by atoms with Gasteiger partial charge in [-0.1, -0.05) is 11.3 Å². The van der Waals surface area contributed by atoms with Gasteiger partial charge in [0.05, 0.1) is 11.4 Å². The molecule has 1 aromatic carbocycles. The maximum absolute atomic E-state index is 10.9. The average Bonchev–Trinajstić information content (AvgIpc) is 2.93. The van der Waals surface area contributed by atoms with E-state index in [0.717, 1.165) is 18.5 Å². The molecule has 1 aliphatic carbocycles. The zero-order chi connectivity index (χ0) is 12.7. The van der Waals surface area contributed by atoms with E-state index in [-0.39, 0.29) is 5.69 Å². The zero-order valence-electron chi connectivity index (χ0n) is 10.1. The standard InChI is InChI=1S/C13H13N3O2/c1-8-12(13(17)18)14-15-16(8)11-6-5-9-3-2-4-10(9)7-11/h5-7H,2-4H2,1H3,(H,17,18). The van der Waals surface area contributed by atoms with Gasteiger partial charge in [0.1, 0.15) is 0 Å². The Morgan fingerprint density at radius 1 is 1.33 bits per heavy atom. The first-order valence-corrected chi connectivity index (χ1v) is 5.94. The van der Waals surface area contributed by atoms with Gasteiger partial charge in [0.2, 0.25) is 0 Å². The quantitative estimate of drug-likeness (QED) is 0.872. The van der Waals surface area contributed by atoms with Gasteiger partial charge in [0.15, 0.2) is 5.69 Å². The smallest absolute Gasteiger partial charge is 0.358 e. The predicted molar refractivity (Wildman–Crippen MR) is 65.1 cm³/mol. The van der Waals surface area contributed by atoms with Gasteiger partial charge in [0.25, 0.3) is 0 Å². The van der Waals surface area contributed by atoms with Crippen LogP contribution >= 0.6 is 0 Å². The van der Waals surface area contributed by atoms with Crippen LogP contribution in [-0.2, 0) is 12.8 Å². The fourth-order valence-corrected chi connectivity index (χ4v) is 2.46. The Kier molecular flexibility index (Phi) is 2.40. The van der Waals surface area contributed by atoms with Crippen molar-refractivity contribution in [1.29, 1.82) is 0 Å². The van der Waals surface area contributed by atoms with E-state index in [1.54, 1.807) is 11.6 Å². The number of aromatic nitrogens is 3. The highest BCUT2D eigenvalue weighted by atomic mass is 16.4. The average molecular weight is 243 g/mol. The minimum absolute atomic E-state index is 0.00972. The summed E-state index contributed by atoms with van der Waals surface area (Å²) in [5.41, 5.74) is 4.17. The van der Waals surface area contributed by atoms with Gasteiger partial charge in [-0.2, -0.15) is 0 Å². The van der Waals surface area contributed by atoms with E-state index >= 15 is 0 Å². The zero-order valence-corrected chi connectivity index (χ0v) is 10.1. The predicted octanol–water partition coefficient (Wildman–Crippen LogP) is 1.76. The molecule has 0 saturated carbocycles. The monoisotopic (exact) mass is 243 g/mol. The third-order valence-electron chi connectivity index (χ3n) is 3.42. The number of nitrogens with zero attached hydrogens (tertiary/aromatic N) is 3. The van der Waals surface area contributed by atoms with Gasteiger partial charge < -0.3 is 5.11 Å². The molecule has 3 rings (SSSR count). The number of carboxylic acid groups (broad SMARTS) is 1. The van der Waals surface area contributed by atoms with E-state index in [1.165, 1.54) is 17.5 Å². The van der Waals surface area contributed by atoms with E-state index in [0.29, 0.717) is 5.69 Å². The van der Waals surface area contributed by atoms with Crippen molar-refractivity contribution in [2.45, 2.75) is 26.2 Å². The van der Waals surface area contributed by atoms with Crippen LogP contribution in [0.5, 0.6) is 0 Å². The molecule has 0 aliphatic heterocycles. The molecule has 0 spiro atoms. The number of fused-ring (bicyclic) bond motifs is 1. The van der Waals surface area contributed by atoms with Crippen LogP contribution in [0.1, 0.15) is 33.7 Å². The summed E-state index contributed by atoms with van der Waals surface area (Å²) in [6.07, 6.45) is 3.41. The maximum Gasteiger partial charge on any atom is 0.358 e. The number of aromatic carboxylic acids is 1. The molecular weight excluding hydrogens is 230 g/mol. The summed E-state index contributed by atoms with van der Waals surface area (Å²) in [7, 11) is 0. The van der Waals surface area contributed by atoms with Gasteiger partial charge in [-0.25, -0.2) is 9.48 Å². The summed E-state index contributed by atoms with van der Waals surface area (Å²) < 4.78 is 1.59. The van der Waals surface area contributed by atoms with Crippen molar-refractivity contribution in [2.24, 2.45) is 0 Å². The van der Waals surface area contributed by atoms with Gasteiger partial charge >= 0.3 is 5.97 Å². The van der Waals surface area contributed by atoms with Gasteiger partial charge in [-0.05, 0) is 49.4 Å². The fraction of sp³-hybridized carbons (Fsp3) is 0.308. The van der Waals surface area contributed by atoms with Crippen molar-refractivity contribution in [3.8, 4) is 5.69 Å². The molecule has 0 atom stereocenters. The van der Waals surface area contributed by atoms with Crippen LogP contribution in [0.3, 0.4) is 0 Å². The van der Waals surface area contributed by atoms with Crippen LogP contribution in [0.25, 0.3) is 5.69 Å². The van der Waals surface area contributed by atoms with Crippen LogP contribution in [0, 0.1) is 6.92 Å². The molecule has 0 fully saturated rings. The Bertz CT molecular complexity index is 631. The van der Waals surface area contributed by atoms with Crippen molar-refractivity contribution in [2.75, 3.05) is 0 Å². The lowest BCUT2D eigenvalue weighted by Gasteiger charge is -2.06. The summed E-state index contributed by atoms with van der Waals surface area (Å²) in [4.78, 5) is 10.9. The molecule has 1 N–H and O–H groups in total. The summed E-state index contributed by atoms with van der Waals surface area (Å²) >= 11 is 0. The van der Waals surface area contributed by atoms with Crippen molar-refractivity contribution < 1.29 is 9.90 Å². The number of aryl methyl sites for hydroxylation is 2. The number of carbonyl (C=O) groups is 1. The minimum Gasteiger partial charge on any atom is -0.476 e. The first-order chi connectivity index (χ1) is 8.66. The Morgan fingerprint density at radius 3 is 2.83 bits per heavy atom. The highest BCUT2D eigenvalue weighted by molar-refractivity contribution is 5.86. The number of benzene rings is 1. The molecular formula is C13H13N3O2. The van der Waals surface area contributed by atoms with Crippen molar-refractivity contribution >= 4 is 5.97 Å². The molecule has 0 saturated heterocycles. The normalized spacial score (nSPS) is 13.6. The molecule has 1 heterocycles. The van der Waals surface area contributed by atoms with Gasteiger partial charge in [-0.15, -0.1) is 5.10 Å². The second-order valence-electron chi connectivity index (χ2n) is 4.55. The summed E-state index contributed by atoms with van der Waals surface area (Å²) in [5, 5.41) is 16.6. The third kappa shape index (κ3) is 1.59. The van der Waals surface area contributed by atoms with E-state index < -0.39 is 5.97 Å². The SMILES string of the molecule is Cc1c(C(=O)O)nnn1-c1ccc2c(c1)CCC2. The lowest BCUT2D eigenvalue weighted by atomic mass is 10.1. The maximum atomic E-state index is 10.9. The highest BCUT2D eigenvalue weighted by Gasteiger charge is 2.17. The fourth-order valence-electron chi connectivity index (χ4n) is 2.46. The van der Waals surface area contributed by atoms with Crippen LogP contribution < -0.4 is 0 Å². The Morgan fingerprint density at radius 2 is 2.11 bits per heavy atom. The van der Waals surface area contributed by atoms with E-state index in [1.807, 2.05) is 6.07 Å². The molecule has 0 amide bonds. The topological polar surface area (TPSA) is 68.0 Å². The first-order valence-electron chi connectivity index (χ1n) is 5.94. The molecule has 0 radical (unpaired) electrons. The molecule has 0 unspecified atom stereocenters. The van der Waals surface area contributed by atoms with E-state index in [9.17, 15) is 4.79 Å². The van der Waals surface area contributed by atoms with Gasteiger partial charge in [0, 0.05) is 0 Å². The van der Waals surface area contributed by atoms with Crippen LogP contribution in [0.2, 0.25) is 0 Å². The molecule has 0 bridgehead atoms. The Balaban J connectivity index is 2.07.